The predicted octanol–water partition coefficient (Wildman–Crippen LogP) is 3.58. The van der Waals surface area contributed by atoms with Crippen LogP contribution in [0.25, 0.3) is 21.5 Å². The lowest BCUT2D eigenvalue weighted by Crippen LogP contribution is -1.90. The predicted molar refractivity (Wildman–Crippen MR) is 59.2 cm³/mol. The summed E-state index contributed by atoms with van der Waals surface area (Å²) in [4.78, 5) is 0. The van der Waals surface area contributed by atoms with Crippen molar-refractivity contribution >= 4 is 21.5 Å². The topological polar surface area (TPSA) is 9.23 Å². The van der Waals surface area contributed by atoms with Crippen molar-refractivity contribution in [3.8, 4) is 5.75 Å². The van der Waals surface area contributed by atoms with Crippen LogP contribution in [0.3, 0.4) is 0 Å². The van der Waals surface area contributed by atoms with E-state index >= 15 is 0 Å². The van der Waals surface area contributed by atoms with Crippen LogP contribution in [-0.2, 0) is 0 Å². The fraction of sp³-hybridized carbons (Fsp3) is 0.0769. The lowest BCUT2D eigenvalue weighted by Gasteiger charge is -2.11. The first kappa shape index (κ1) is 8.48. The SMILES string of the molecule is COc1cccc2c3ccc(c(F)c3)c12. The van der Waals surface area contributed by atoms with Crippen molar-refractivity contribution in [2.45, 2.75) is 0 Å². The van der Waals surface area contributed by atoms with Crippen LogP contribution < -0.4 is 4.74 Å². The summed E-state index contributed by atoms with van der Waals surface area (Å²) in [5, 5.41) is 3.46. The van der Waals surface area contributed by atoms with Crippen LogP contribution in [0.15, 0.2) is 36.4 Å². The quantitative estimate of drug-likeness (QED) is 0.583. The number of fused-ring (bicyclic) bond motifs is 2. The van der Waals surface area contributed by atoms with Gasteiger partial charge in [-0.3, -0.25) is 0 Å². The Bertz CT molecular complexity index is 630. The van der Waals surface area contributed by atoms with Gasteiger partial charge in [-0.25, -0.2) is 4.39 Å². The maximum atomic E-state index is 13.6. The molecule has 0 amide bonds. The molecule has 0 fully saturated rings. The van der Waals surface area contributed by atoms with Gasteiger partial charge < -0.3 is 4.74 Å². The van der Waals surface area contributed by atoms with Crippen LogP contribution in [0.2, 0.25) is 0 Å². The van der Waals surface area contributed by atoms with Crippen molar-refractivity contribution in [2.75, 3.05) is 7.11 Å². The van der Waals surface area contributed by atoms with Crippen molar-refractivity contribution in [1.82, 2.24) is 0 Å². The van der Waals surface area contributed by atoms with E-state index in [1.807, 2.05) is 24.3 Å². The number of hydrogen-bond acceptors (Lipinski definition) is 1. The normalized spacial score (nSPS) is 11.3. The van der Waals surface area contributed by atoms with Crippen molar-refractivity contribution in [1.29, 1.82) is 0 Å². The molecule has 4 aromatic carbocycles. The van der Waals surface area contributed by atoms with Crippen LogP contribution in [0.1, 0.15) is 0 Å². The first-order valence-electron chi connectivity index (χ1n) is 4.78. The fourth-order valence-corrected chi connectivity index (χ4v) is 2.10. The minimum atomic E-state index is -0.176. The van der Waals surface area contributed by atoms with E-state index < -0.39 is 0 Å². The molecule has 0 spiro atoms. The number of hydrogen-bond donors (Lipinski definition) is 0. The monoisotopic (exact) mass is 200 g/mol. The van der Waals surface area contributed by atoms with Gasteiger partial charge in [0.1, 0.15) is 11.6 Å². The second kappa shape index (κ2) is 2.83. The Morgan fingerprint density at radius 2 is 1.93 bits per heavy atom. The van der Waals surface area contributed by atoms with Gasteiger partial charge in [-0.1, -0.05) is 24.3 Å². The molecule has 0 radical (unpaired) electrons. The number of halogens is 1. The molecule has 2 heteroatoms. The van der Waals surface area contributed by atoms with Gasteiger partial charge in [-0.2, -0.15) is 0 Å². The molecule has 0 aromatic heterocycles. The fourth-order valence-electron chi connectivity index (χ4n) is 2.10. The smallest absolute Gasteiger partial charge is 0.131 e. The van der Waals surface area contributed by atoms with Crippen molar-refractivity contribution < 1.29 is 9.13 Å². The van der Waals surface area contributed by atoms with E-state index in [0.717, 1.165) is 21.9 Å². The molecule has 0 atom stereocenters. The van der Waals surface area contributed by atoms with E-state index in [1.54, 1.807) is 19.2 Å². The number of rotatable bonds is 1. The van der Waals surface area contributed by atoms with E-state index in [2.05, 4.69) is 0 Å². The van der Waals surface area contributed by atoms with Gasteiger partial charge in [0, 0.05) is 10.8 Å². The third-order valence-electron chi connectivity index (χ3n) is 2.80. The minimum Gasteiger partial charge on any atom is -0.496 e. The molecule has 0 saturated heterocycles. The summed E-state index contributed by atoms with van der Waals surface area (Å²) in [5.74, 6) is 0.553. The molecule has 0 heterocycles. The highest BCUT2D eigenvalue weighted by Gasteiger charge is 2.11. The van der Waals surface area contributed by atoms with Crippen LogP contribution in [0, 0.1) is 5.82 Å². The van der Waals surface area contributed by atoms with Crippen LogP contribution in [0.5, 0.6) is 5.75 Å². The highest BCUT2D eigenvalue weighted by molar-refractivity contribution is 6.12. The highest BCUT2D eigenvalue weighted by Crippen LogP contribution is 2.36. The Morgan fingerprint density at radius 3 is 2.67 bits per heavy atom. The summed E-state index contributed by atoms with van der Waals surface area (Å²) in [6.07, 6.45) is 0. The zero-order valence-corrected chi connectivity index (χ0v) is 8.25. The summed E-state index contributed by atoms with van der Waals surface area (Å²) >= 11 is 0. The van der Waals surface area contributed by atoms with Gasteiger partial charge in [-0.15, -0.1) is 0 Å². The molecule has 0 aliphatic carbocycles. The molecule has 0 unspecified atom stereocenters. The van der Waals surface area contributed by atoms with E-state index in [4.69, 9.17) is 4.74 Å². The average molecular weight is 200 g/mol. The summed E-state index contributed by atoms with van der Waals surface area (Å²) in [6, 6.07) is 11.1. The minimum absolute atomic E-state index is 0.176. The van der Waals surface area contributed by atoms with E-state index in [1.165, 1.54) is 0 Å². The largest absolute Gasteiger partial charge is 0.496 e. The second-order valence-corrected chi connectivity index (χ2v) is 3.58. The molecule has 0 saturated carbocycles. The maximum Gasteiger partial charge on any atom is 0.131 e. The van der Waals surface area contributed by atoms with Crippen molar-refractivity contribution in [2.24, 2.45) is 0 Å². The standard InChI is InChI=1S/C13H9FO/c1-15-12-4-2-3-9-8-5-6-10(13(9)12)11(14)7-8/h2-7H,1H3. The van der Waals surface area contributed by atoms with Gasteiger partial charge in [-0.05, 0) is 22.9 Å². The zero-order valence-electron chi connectivity index (χ0n) is 8.25. The first-order valence-corrected chi connectivity index (χ1v) is 4.78. The Morgan fingerprint density at radius 1 is 1.07 bits per heavy atom. The third kappa shape index (κ3) is 1.02. The molecule has 74 valence electrons. The Hall–Kier alpha value is -1.83. The summed E-state index contributed by atoms with van der Waals surface area (Å²) in [5.41, 5.74) is 0. The number of methoxy groups -OCH3 is 1. The molecule has 4 rings (SSSR count). The lowest BCUT2D eigenvalue weighted by molar-refractivity contribution is 0.420. The maximum absolute atomic E-state index is 13.6. The average Bonchev–Trinajstić information content (AvgIpc) is 2.29. The summed E-state index contributed by atoms with van der Waals surface area (Å²) in [6.45, 7) is 0. The summed E-state index contributed by atoms with van der Waals surface area (Å²) in [7, 11) is 1.61. The Labute approximate surface area is 86.4 Å². The molecule has 0 aliphatic rings. The Kier molecular flexibility index (Phi) is 1.60. The highest BCUT2D eigenvalue weighted by atomic mass is 19.1. The molecular weight excluding hydrogens is 191 g/mol. The van der Waals surface area contributed by atoms with E-state index in [0.29, 0.717) is 5.39 Å². The van der Waals surface area contributed by atoms with Gasteiger partial charge in [0.2, 0.25) is 0 Å². The van der Waals surface area contributed by atoms with E-state index in [9.17, 15) is 4.39 Å². The number of benzene rings is 4. The molecule has 1 nitrogen and oxygen atoms in total. The van der Waals surface area contributed by atoms with Crippen LogP contribution in [-0.4, -0.2) is 7.11 Å². The molecule has 4 aromatic rings. The number of ether oxygens (including phenoxy) is 1. The second-order valence-electron chi connectivity index (χ2n) is 3.58. The summed E-state index contributed by atoms with van der Waals surface area (Å²) < 4.78 is 18.8. The van der Waals surface area contributed by atoms with Gasteiger partial charge in [0.15, 0.2) is 0 Å². The first-order chi connectivity index (χ1) is 7.31. The van der Waals surface area contributed by atoms with Crippen molar-refractivity contribution in [3.63, 3.8) is 0 Å². The molecule has 0 aliphatic heterocycles. The molecule has 2 bridgehead atoms. The zero-order chi connectivity index (χ0) is 10.4. The lowest BCUT2D eigenvalue weighted by atomic mass is 9.98. The van der Waals surface area contributed by atoms with Crippen LogP contribution >= 0.6 is 0 Å². The molecular formula is C13H9FO. The van der Waals surface area contributed by atoms with Gasteiger partial charge >= 0.3 is 0 Å². The molecule has 0 N–H and O–H groups in total. The Balaban J connectivity index is 2.62. The van der Waals surface area contributed by atoms with Crippen molar-refractivity contribution in [3.05, 3.63) is 42.2 Å². The van der Waals surface area contributed by atoms with Gasteiger partial charge in [0.25, 0.3) is 0 Å². The van der Waals surface area contributed by atoms with Gasteiger partial charge in [0.05, 0.1) is 7.11 Å². The third-order valence-corrected chi connectivity index (χ3v) is 2.80. The molecule has 15 heavy (non-hydrogen) atoms. The van der Waals surface area contributed by atoms with Crippen LogP contribution in [0.4, 0.5) is 4.39 Å². The van der Waals surface area contributed by atoms with E-state index in [-0.39, 0.29) is 5.82 Å².